The maximum atomic E-state index is 3.59. The van der Waals surface area contributed by atoms with Crippen LogP contribution in [0.1, 0.15) is 38.2 Å². The summed E-state index contributed by atoms with van der Waals surface area (Å²) >= 11 is 0. The van der Waals surface area contributed by atoms with Crippen molar-refractivity contribution in [2.24, 2.45) is 5.41 Å². The molecule has 0 radical (unpaired) electrons. The molecule has 0 bridgehead atoms. The van der Waals surface area contributed by atoms with Crippen LogP contribution in [0.5, 0.6) is 0 Å². The first kappa shape index (κ1) is 10.7. The minimum absolute atomic E-state index is 0.619. The summed E-state index contributed by atoms with van der Waals surface area (Å²) in [7, 11) is 0. The van der Waals surface area contributed by atoms with Crippen LogP contribution in [0.3, 0.4) is 0 Å². The molecule has 1 aliphatic carbocycles. The molecule has 1 heteroatoms. The third-order valence-electron chi connectivity index (χ3n) is 3.47. The second kappa shape index (κ2) is 4.36. The molecule has 0 aliphatic heterocycles. The summed E-state index contributed by atoms with van der Waals surface area (Å²) in [6.45, 7) is 6.94. The predicted octanol–water partition coefficient (Wildman–Crippen LogP) is 3.18. The van der Waals surface area contributed by atoms with E-state index in [1.807, 2.05) is 0 Å². The van der Waals surface area contributed by atoms with E-state index in [1.165, 1.54) is 24.9 Å². The molecule has 0 aromatic heterocycles. The topological polar surface area (TPSA) is 12.0 Å². The van der Waals surface area contributed by atoms with Crippen LogP contribution in [0.25, 0.3) is 0 Å². The Morgan fingerprint density at radius 2 is 1.93 bits per heavy atom. The van der Waals surface area contributed by atoms with Crippen LogP contribution >= 0.6 is 0 Å². The summed E-state index contributed by atoms with van der Waals surface area (Å²) in [6, 6.07) is 10.7. The monoisotopic (exact) mass is 203 g/mol. The Labute approximate surface area is 92.9 Å². The van der Waals surface area contributed by atoms with E-state index in [0.29, 0.717) is 11.3 Å². The zero-order valence-corrected chi connectivity index (χ0v) is 9.79. The van der Waals surface area contributed by atoms with Crippen molar-refractivity contribution in [1.82, 2.24) is 5.32 Å². The first-order valence-electron chi connectivity index (χ1n) is 5.95. The molecule has 0 amide bonds. The lowest BCUT2D eigenvalue weighted by molar-refractivity contribution is 0.485. The maximum absolute atomic E-state index is 3.59. The Bertz CT molecular complexity index is 300. The summed E-state index contributed by atoms with van der Waals surface area (Å²) in [5.74, 6) is 0.619. The molecule has 2 rings (SSSR count). The lowest BCUT2D eigenvalue weighted by Crippen LogP contribution is -2.26. The highest BCUT2D eigenvalue weighted by Crippen LogP contribution is 2.44. The van der Waals surface area contributed by atoms with E-state index < -0.39 is 0 Å². The van der Waals surface area contributed by atoms with Crippen molar-refractivity contribution >= 4 is 0 Å². The quantitative estimate of drug-likeness (QED) is 0.775. The standard InChI is InChI=1S/C14H21N/c1-12(13-6-4-3-5-7-13)10-15-11-14(2)8-9-14/h3-7,12,15H,8-11H2,1-2H3. The molecule has 1 aromatic carbocycles. The fraction of sp³-hybridized carbons (Fsp3) is 0.571. The van der Waals surface area contributed by atoms with Gasteiger partial charge < -0.3 is 5.32 Å². The lowest BCUT2D eigenvalue weighted by atomic mass is 10.0. The summed E-state index contributed by atoms with van der Waals surface area (Å²) in [4.78, 5) is 0. The van der Waals surface area contributed by atoms with Gasteiger partial charge in [0.2, 0.25) is 0 Å². The highest BCUT2D eigenvalue weighted by molar-refractivity contribution is 5.18. The van der Waals surface area contributed by atoms with Gasteiger partial charge in [-0.1, -0.05) is 44.2 Å². The van der Waals surface area contributed by atoms with Crippen molar-refractivity contribution in [2.75, 3.05) is 13.1 Å². The average molecular weight is 203 g/mol. The zero-order chi connectivity index (χ0) is 10.7. The molecule has 0 spiro atoms. The summed E-state index contributed by atoms with van der Waals surface area (Å²) in [6.07, 6.45) is 2.80. The summed E-state index contributed by atoms with van der Waals surface area (Å²) in [5, 5.41) is 3.59. The Hall–Kier alpha value is -0.820. The van der Waals surface area contributed by atoms with Crippen LogP contribution in [0.4, 0.5) is 0 Å². The van der Waals surface area contributed by atoms with Gasteiger partial charge in [0.1, 0.15) is 0 Å². The molecule has 0 heterocycles. The molecule has 1 N–H and O–H groups in total. The molecule has 1 aromatic rings. The van der Waals surface area contributed by atoms with Crippen LogP contribution in [-0.4, -0.2) is 13.1 Å². The van der Waals surface area contributed by atoms with Crippen LogP contribution in [0, 0.1) is 5.41 Å². The van der Waals surface area contributed by atoms with Gasteiger partial charge in [-0.3, -0.25) is 0 Å². The van der Waals surface area contributed by atoms with Gasteiger partial charge in [-0.2, -0.15) is 0 Å². The Morgan fingerprint density at radius 1 is 1.27 bits per heavy atom. The minimum atomic E-state index is 0.619. The molecule has 82 valence electrons. The van der Waals surface area contributed by atoms with Crippen molar-refractivity contribution in [3.8, 4) is 0 Å². The SMILES string of the molecule is CC(CNCC1(C)CC1)c1ccccc1. The summed E-state index contributed by atoms with van der Waals surface area (Å²) < 4.78 is 0. The van der Waals surface area contributed by atoms with Gasteiger partial charge in [0.15, 0.2) is 0 Å². The van der Waals surface area contributed by atoms with Crippen molar-refractivity contribution in [2.45, 2.75) is 32.6 Å². The second-order valence-corrected chi connectivity index (χ2v) is 5.25. The zero-order valence-electron chi connectivity index (χ0n) is 9.79. The van der Waals surface area contributed by atoms with Crippen molar-refractivity contribution in [1.29, 1.82) is 0 Å². The molecular weight excluding hydrogens is 182 g/mol. The predicted molar refractivity (Wildman–Crippen MR) is 65.1 cm³/mol. The molecule has 1 fully saturated rings. The maximum Gasteiger partial charge on any atom is 0.00177 e. The van der Waals surface area contributed by atoms with E-state index in [1.54, 1.807) is 0 Å². The first-order valence-corrected chi connectivity index (χ1v) is 5.95. The van der Waals surface area contributed by atoms with Gasteiger partial charge in [-0.15, -0.1) is 0 Å². The third kappa shape index (κ3) is 3.07. The van der Waals surface area contributed by atoms with Crippen molar-refractivity contribution in [3.05, 3.63) is 35.9 Å². The molecule has 1 atom stereocenters. The summed E-state index contributed by atoms with van der Waals surface area (Å²) in [5.41, 5.74) is 2.06. The largest absolute Gasteiger partial charge is 0.316 e. The number of hydrogen-bond donors (Lipinski definition) is 1. The number of nitrogens with one attached hydrogen (secondary N) is 1. The first-order chi connectivity index (χ1) is 7.20. The van der Waals surface area contributed by atoms with E-state index in [4.69, 9.17) is 0 Å². The van der Waals surface area contributed by atoms with E-state index in [2.05, 4.69) is 49.5 Å². The van der Waals surface area contributed by atoms with E-state index in [0.717, 1.165) is 6.54 Å². The molecule has 15 heavy (non-hydrogen) atoms. The van der Waals surface area contributed by atoms with Gasteiger partial charge in [0.25, 0.3) is 0 Å². The highest BCUT2D eigenvalue weighted by Gasteiger charge is 2.36. The van der Waals surface area contributed by atoms with Crippen LogP contribution in [-0.2, 0) is 0 Å². The third-order valence-corrected chi connectivity index (χ3v) is 3.47. The second-order valence-electron chi connectivity index (χ2n) is 5.25. The van der Waals surface area contributed by atoms with Gasteiger partial charge in [0, 0.05) is 13.1 Å². The van der Waals surface area contributed by atoms with Crippen LogP contribution in [0.15, 0.2) is 30.3 Å². The van der Waals surface area contributed by atoms with E-state index in [9.17, 15) is 0 Å². The molecule has 0 saturated heterocycles. The fourth-order valence-electron chi connectivity index (χ4n) is 1.88. The number of rotatable bonds is 5. The average Bonchev–Trinajstić information content (AvgIpc) is 2.98. The normalized spacial score (nSPS) is 19.9. The Balaban J connectivity index is 1.75. The van der Waals surface area contributed by atoms with Crippen molar-refractivity contribution < 1.29 is 0 Å². The van der Waals surface area contributed by atoms with E-state index in [-0.39, 0.29) is 0 Å². The van der Waals surface area contributed by atoms with Gasteiger partial charge >= 0.3 is 0 Å². The van der Waals surface area contributed by atoms with Gasteiger partial charge in [-0.05, 0) is 29.7 Å². The van der Waals surface area contributed by atoms with Crippen LogP contribution < -0.4 is 5.32 Å². The molecular formula is C14H21N. The Kier molecular flexibility index (Phi) is 3.11. The molecule has 1 saturated carbocycles. The van der Waals surface area contributed by atoms with Gasteiger partial charge in [-0.25, -0.2) is 0 Å². The number of benzene rings is 1. The lowest BCUT2D eigenvalue weighted by Gasteiger charge is -2.15. The minimum Gasteiger partial charge on any atom is -0.316 e. The molecule has 1 aliphatic rings. The molecule has 1 nitrogen and oxygen atoms in total. The van der Waals surface area contributed by atoms with Gasteiger partial charge in [0.05, 0.1) is 0 Å². The fourth-order valence-corrected chi connectivity index (χ4v) is 1.88. The smallest absolute Gasteiger partial charge is 0.00177 e. The highest BCUT2D eigenvalue weighted by atomic mass is 14.9. The van der Waals surface area contributed by atoms with Crippen LogP contribution in [0.2, 0.25) is 0 Å². The molecule has 1 unspecified atom stereocenters. The van der Waals surface area contributed by atoms with Crippen molar-refractivity contribution in [3.63, 3.8) is 0 Å². The number of hydrogen-bond acceptors (Lipinski definition) is 1. The Morgan fingerprint density at radius 3 is 2.53 bits per heavy atom. The van der Waals surface area contributed by atoms with E-state index >= 15 is 0 Å².